The van der Waals surface area contributed by atoms with E-state index in [9.17, 15) is 4.39 Å². The summed E-state index contributed by atoms with van der Waals surface area (Å²) >= 11 is 0. The SMILES string of the molecule is Cc1[nH]nc(NC(C)(C)C)c1-c1ccccc1F. The lowest BCUT2D eigenvalue weighted by atomic mass is 10.0. The van der Waals surface area contributed by atoms with Gasteiger partial charge < -0.3 is 5.32 Å². The molecular formula is C14H18FN3. The first-order valence-electron chi connectivity index (χ1n) is 5.96. The second kappa shape index (κ2) is 4.44. The molecule has 0 saturated heterocycles. The molecule has 18 heavy (non-hydrogen) atoms. The predicted molar refractivity (Wildman–Crippen MR) is 72.1 cm³/mol. The smallest absolute Gasteiger partial charge is 0.156 e. The van der Waals surface area contributed by atoms with Gasteiger partial charge in [-0.3, -0.25) is 5.10 Å². The number of nitrogens with one attached hydrogen (secondary N) is 2. The number of H-pyrrole nitrogens is 1. The topological polar surface area (TPSA) is 40.7 Å². The lowest BCUT2D eigenvalue weighted by Crippen LogP contribution is -2.26. The van der Waals surface area contributed by atoms with Crippen LogP contribution in [0.1, 0.15) is 26.5 Å². The highest BCUT2D eigenvalue weighted by molar-refractivity contribution is 5.78. The van der Waals surface area contributed by atoms with E-state index in [4.69, 9.17) is 0 Å². The highest BCUT2D eigenvalue weighted by atomic mass is 19.1. The number of hydrogen-bond acceptors (Lipinski definition) is 2. The van der Waals surface area contributed by atoms with Gasteiger partial charge in [0.2, 0.25) is 0 Å². The van der Waals surface area contributed by atoms with Crippen molar-refractivity contribution in [1.82, 2.24) is 10.2 Å². The zero-order chi connectivity index (χ0) is 13.3. The van der Waals surface area contributed by atoms with Crippen molar-refractivity contribution in [3.05, 3.63) is 35.8 Å². The average molecular weight is 247 g/mol. The fourth-order valence-electron chi connectivity index (χ4n) is 1.87. The summed E-state index contributed by atoms with van der Waals surface area (Å²) in [6.07, 6.45) is 0. The average Bonchev–Trinajstić information content (AvgIpc) is 2.59. The zero-order valence-electron chi connectivity index (χ0n) is 11.1. The number of halogens is 1. The number of rotatable bonds is 2. The fourth-order valence-corrected chi connectivity index (χ4v) is 1.87. The molecule has 3 nitrogen and oxygen atoms in total. The number of benzene rings is 1. The third-order valence-corrected chi connectivity index (χ3v) is 2.58. The van der Waals surface area contributed by atoms with Gasteiger partial charge in [-0.15, -0.1) is 0 Å². The van der Waals surface area contributed by atoms with Gasteiger partial charge >= 0.3 is 0 Å². The molecule has 2 rings (SSSR count). The first kappa shape index (κ1) is 12.6. The van der Waals surface area contributed by atoms with Crippen LogP contribution in [0.3, 0.4) is 0 Å². The van der Waals surface area contributed by atoms with E-state index in [1.54, 1.807) is 12.1 Å². The minimum atomic E-state index is -0.237. The van der Waals surface area contributed by atoms with E-state index < -0.39 is 0 Å². The second-order valence-electron chi connectivity index (χ2n) is 5.43. The van der Waals surface area contributed by atoms with Crippen LogP contribution >= 0.6 is 0 Å². The Balaban J connectivity index is 2.51. The Morgan fingerprint density at radius 3 is 2.50 bits per heavy atom. The summed E-state index contributed by atoms with van der Waals surface area (Å²) in [6, 6.07) is 6.74. The fraction of sp³-hybridized carbons (Fsp3) is 0.357. The molecule has 0 aliphatic carbocycles. The normalized spacial score (nSPS) is 11.6. The molecule has 2 N–H and O–H groups in total. The van der Waals surface area contributed by atoms with Gasteiger partial charge in [-0.25, -0.2) is 4.39 Å². The molecule has 0 fully saturated rings. The molecule has 0 aliphatic rings. The Bertz CT molecular complexity index is 552. The van der Waals surface area contributed by atoms with Crippen molar-refractivity contribution in [1.29, 1.82) is 0 Å². The van der Waals surface area contributed by atoms with Gasteiger partial charge in [-0.2, -0.15) is 5.10 Å². The summed E-state index contributed by atoms with van der Waals surface area (Å²) in [5.74, 6) is 0.448. The molecule has 96 valence electrons. The highest BCUT2D eigenvalue weighted by Gasteiger charge is 2.19. The monoisotopic (exact) mass is 247 g/mol. The number of aromatic amines is 1. The van der Waals surface area contributed by atoms with Gasteiger partial charge in [0.05, 0.1) is 0 Å². The summed E-state index contributed by atoms with van der Waals surface area (Å²) in [7, 11) is 0. The van der Waals surface area contributed by atoms with Crippen LogP contribution < -0.4 is 5.32 Å². The van der Waals surface area contributed by atoms with E-state index in [2.05, 4.69) is 15.5 Å². The number of hydrogen-bond donors (Lipinski definition) is 2. The summed E-state index contributed by atoms with van der Waals surface area (Å²) in [4.78, 5) is 0. The Hall–Kier alpha value is -1.84. The minimum Gasteiger partial charge on any atom is -0.363 e. The minimum absolute atomic E-state index is 0.123. The molecule has 4 heteroatoms. The van der Waals surface area contributed by atoms with Gasteiger partial charge in [0.25, 0.3) is 0 Å². The van der Waals surface area contributed by atoms with Crippen molar-refractivity contribution < 1.29 is 4.39 Å². The summed E-state index contributed by atoms with van der Waals surface area (Å²) in [6.45, 7) is 8.02. The molecule has 0 radical (unpaired) electrons. The maximum Gasteiger partial charge on any atom is 0.156 e. The van der Waals surface area contributed by atoms with Crippen molar-refractivity contribution in [2.24, 2.45) is 0 Å². The van der Waals surface area contributed by atoms with Gasteiger partial charge in [0.1, 0.15) is 5.82 Å². The molecular weight excluding hydrogens is 229 g/mol. The first-order chi connectivity index (χ1) is 8.38. The van der Waals surface area contributed by atoms with E-state index in [0.717, 1.165) is 11.3 Å². The van der Waals surface area contributed by atoms with Crippen molar-refractivity contribution in [2.75, 3.05) is 5.32 Å². The molecule has 0 atom stereocenters. The van der Waals surface area contributed by atoms with Crippen molar-refractivity contribution in [3.8, 4) is 11.1 Å². The third-order valence-electron chi connectivity index (χ3n) is 2.58. The van der Waals surface area contributed by atoms with Gasteiger partial charge in [0.15, 0.2) is 5.82 Å². The molecule has 0 aliphatic heterocycles. The molecule has 0 saturated carbocycles. The van der Waals surface area contributed by atoms with Gasteiger partial charge in [0, 0.05) is 22.4 Å². The largest absolute Gasteiger partial charge is 0.363 e. The summed E-state index contributed by atoms with van der Waals surface area (Å²) < 4.78 is 13.9. The quantitative estimate of drug-likeness (QED) is 0.848. The van der Waals surface area contributed by atoms with Crippen LogP contribution in [0.5, 0.6) is 0 Å². The Morgan fingerprint density at radius 2 is 1.89 bits per heavy atom. The van der Waals surface area contributed by atoms with E-state index in [1.807, 2.05) is 33.8 Å². The van der Waals surface area contributed by atoms with Crippen LogP contribution in [0.4, 0.5) is 10.2 Å². The van der Waals surface area contributed by atoms with Gasteiger partial charge in [-0.1, -0.05) is 18.2 Å². The number of nitrogens with zero attached hydrogens (tertiary/aromatic N) is 1. The Labute approximate surface area is 106 Å². The van der Waals surface area contributed by atoms with Gasteiger partial charge in [-0.05, 0) is 33.8 Å². The number of aryl methyl sites for hydroxylation is 1. The van der Waals surface area contributed by atoms with E-state index in [1.165, 1.54) is 6.07 Å². The molecule has 2 aromatic rings. The highest BCUT2D eigenvalue weighted by Crippen LogP contribution is 2.32. The van der Waals surface area contributed by atoms with Crippen LogP contribution in [-0.4, -0.2) is 15.7 Å². The third kappa shape index (κ3) is 2.53. The molecule has 0 amide bonds. The molecule has 0 bridgehead atoms. The number of anilines is 1. The second-order valence-corrected chi connectivity index (χ2v) is 5.43. The van der Waals surface area contributed by atoms with E-state index >= 15 is 0 Å². The Morgan fingerprint density at radius 1 is 1.22 bits per heavy atom. The van der Waals surface area contributed by atoms with Crippen molar-refractivity contribution >= 4 is 5.82 Å². The lowest BCUT2D eigenvalue weighted by Gasteiger charge is -2.21. The molecule has 0 unspecified atom stereocenters. The van der Waals surface area contributed by atoms with E-state index in [0.29, 0.717) is 11.4 Å². The maximum absolute atomic E-state index is 13.9. The molecule has 1 aromatic heterocycles. The van der Waals surface area contributed by atoms with Crippen LogP contribution in [-0.2, 0) is 0 Å². The molecule has 1 heterocycles. The lowest BCUT2D eigenvalue weighted by molar-refractivity contribution is 0.626. The standard InChI is InChI=1S/C14H18FN3/c1-9-12(10-7-5-6-8-11(10)15)13(18-17-9)16-14(2,3)4/h5-8H,1-4H3,(H2,16,17,18). The van der Waals surface area contributed by atoms with Crippen LogP contribution in [0.25, 0.3) is 11.1 Å². The zero-order valence-corrected chi connectivity index (χ0v) is 11.1. The van der Waals surface area contributed by atoms with Crippen molar-refractivity contribution in [2.45, 2.75) is 33.2 Å². The first-order valence-corrected chi connectivity index (χ1v) is 5.96. The number of aromatic nitrogens is 2. The predicted octanol–water partition coefficient (Wildman–Crippen LogP) is 3.73. The summed E-state index contributed by atoms with van der Waals surface area (Å²) in [5, 5.41) is 10.4. The molecule has 1 aromatic carbocycles. The molecule has 0 spiro atoms. The van der Waals surface area contributed by atoms with Crippen molar-refractivity contribution in [3.63, 3.8) is 0 Å². The Kier molecular flexibility index (Phi) is 3.11. The van der Waals surface area contributed by atoms with Crippen LogP contribution in [0, 0.1) is 12.7 Å². The van der Waals surface area contributed by atoms with Crippen LogP contribution in [0.15, 0.2) is 24.3 Å². The van der Waals surface area contributed by atoms with E-state index in [-0.39, 0.29) is 11.4 Å². The van der Waals surface area contributed by atoms with Crippen LogP contribution in [0.2, 0.25) is 0 Å². The maximum atomic E-state index is 13.9. The summed E-state index contributed by atoms with van der Waals surface area (Å²) in [5.41, 5.74) is 2.09.